The van der Waals surface area contributed by atoms with Gasteiger partial charge in [0.05, 0.1) is 36.1 Å². The fourth-order valence-corrected chi connectivity index (χ4v) is 6.61. The zero-order valence-electron chi connectivity index (χ0n) is 33.2. The molecule has 20 heteroatoms. The van der Waals surface area contributed by atoms with Gasteiger partial charge in [0.2, 0.25) is 29.6 Å². The van der Waals surface area contributed by atoms with Crippen molar-refractivity contribution in [3.63, 3.8) is 0 Å². The van der Waals surface area contributed by atoms with E-state index >= 15 is 0 Å². The van der Waals surface area contributed by atoms with Gasteiger partial charge in [0.15, 0.2) is 0 Å². The quantitative estimate of drug-likeness (QED) is 0.0622. The van der Waals surface area contributed by atoms with Gasteiger partial charge in [-0.2, -0.15) is 10.2 Å². The molecule has 0 fully saturated rings. The summed E-state index contributed by atoms with van der Waals surface area (Å²) in [5.74, 6) is -2.01. The van der Waals surface area contributed by atoms with Gasteiger partial charge >= 0.3 is 0 Å². The molecule has 8 N–H and O–H groups in total. The Morgan fingerprint density at radius 1 is 0.695 bits per heavy atom. The first-order chi connectivity index (χ1) is 28.2. The van der Waals surface area contributed by atoms with Crippen molar-refractivity contribution in [3.05, 3.63) is 82.5 Å². The fourth-order valence-electron chi connectivity index (χ4n) is 6.61. The van der Waals surface area contributed by atoms with Crippen LogP contribution in [0.3, 0.4) is 0 Å². The number of aryl methyl sites for hydroxylation is 4. The lowest BCUT2D eigenvalue weighted by Crippen LogP contribution is -2.20. The zero-order valence-corrected chi connectivity index (χ0v) is 33.2. The molecule has 0 saturated carbocycles. The Bertz CT molecular complexity index is 2650. The minimum Gasteiger partial charge on any atom is -0.494 e. The molecule has 0 atom stereocenters. The van der Waals surface area contributed by atoms with E-state index in [1.54, 1.807) is 56.6 Å². The number of imidazole rings is 2. The van der Waals surface area contributed by atoms with Crippen molar-refractivity contribution in [2.45, 2.75) is 66.7 Å². The Hall–Kier alpha value is -7.51. The molecule has 59 heavy (non-hydrogen) atoms. The molecule has 0 bridgehead atoms. The molecular weight excluding hydrogens is 763 g/mol. The number of benzene rings is 2. The number of hydrogen-bond donors (Lipinski definition) is 5. The van der Waals surface area contributed by atoms with E-state index in [0.717, 1.165) is 0 Å². The molecule has 0 aliphatic rings. The van der Waals surface area contributed by atoms with Crippen LogP contribution in [0.15, 0.2) is 48.6 Å². The van der Waals surface area contributed by atoms with Crippen molar-refractivity contribution in [3.8, 4) is 11.5 Å². The fraction of sp³-hybridized carbons (Fsp3) is 0.308. The van der Waals surface area contributed by atoms with Gasteiger partial charge in [-0.3, -0.25) is 44.0 Å². The van der Waals surface area contributed by atoms with Crippen molar-refractivity contribution in [1.29, 1.82) is 0 Å². The van der Waals surface area contributed by atoms with Crippen molar-refractivity contribution in [2.24, 2.45) is 17.2 Å². The molecule has 4 aromatic heterocycles. The van der Waals surface area contributed by atoms with E-state index in [1.807, 2.05) is 13.8 Å². The van der Waals surface area contributed by atoms with Crippen molar-refractivity contribution >= 4 is 63.5 Å². The van der Waals surface area contributed by atoms with Crippen molar-refractivity contribution < 1.29 is 33.4 Å². The molecule has 0 spiro atoms. The van der Waals surface area contributed by atoms with Crippen LogP contribution in [-0.2, 0) is 31.0 Å². The number of ether oxygens (including phenoxy) is 2. The zero-order chi connectivity index (χ0) is 42.5. The second kappa shape index (κ2) is 17.3. The van der Waals surface area contributed by atoms with E-state index in [0.29, 0.717) is 70.1 Å². The Balaban J connectivity index is 1.41. The van der Waals surface area contributed by atoms with Gasteiger partial charge in [0.1, 0.15) is 33.9 Å². The lowest BCUT2D eigenvalue weighted by molar-refractivity contribution is -0.118. The predicted octanol–water partition coefficient (Wildman–Crippen LogP) is 3.05. The first kappa shape index (κ1) is 41.1. The molecule has 308 valence electrons. The SMILES string of the molecule is CCn1nc(C)cc1C(=O)Nc1nc2cc(C(N)=O)cc(OC)c2n1C/C=C/Cn1c(NC(=O)c2cc(C)nn2CC)nc2cc(C(N)=O)cc(OCCCC(N)=O)c21. The molecule has 4 heterocycles. The summed E-state index contributed by atoms with van der Waals surface area (Å²) in [5.41, 5.74) is 20.4. The van der Waals surface area contributed by atoms with Crippen LogP contribution in [0.2, 0.25) is 0 Å². The van der Waals surface area contributed by atoms with Gasteiger partial charge in [0.25, 0.3) is 11.8 Å². The van der Waals surface area contributed by atoms with Gasteiger partial charge in [0, 0.05) is 43.7 Å². The Kier molecular flexibility index (Phi) is 12.1. The smallest absolute Gasteiger partial charge is 0.276 e. The van der Waals surface area contributed by atoms with Crippen LogP contribution in [0, 0.1) is 13.8 Å². The van der Waals surface area contributed by atoms with E-state index in [1.165, 1.54) is 31.4 Å². The number of carbonyl (C=O) groups is 5. The number of nitrogens with zero attached hydrogens (tertiary/aromatic N) is 8. The largest absolute Gasteiger partial charge is 0.494 e. The van der Waals surface area contributed by atoms with E-state index < -0.39 is 29.5 Å². The lowest BCUT2D eigenvalue weighted by Gasteiger charge is -2.13. The summed E-state index contributed by atoms with van der Waals surface area (Å²) >= 11 is 0. The number of methoxy groups -OCH3 is 1. The summed E-state index contributed by atoms with van der Waals surface area (Å²) < 4.78 is 18.3. The molecule has 0 radical (unpaired) electrons. The summed E-state index contributed by atoms with van der Waals surface area (Å²) in [7, 11) is 1.44. The van der Waals surface area contributed by atoms with E-state index in [-0.39, 0.29) is 54.9 Å². The molecule has 6 aromatic rings. The molecule has 0 unspecified atom stereocenters. The van der Waals surface area contributed by atoms with E-state index in [2.05, 4.69) is 30.8 Å². The number of amides is 5. The summed E-state index contributed by atoms with van der Waals surface area (Å²) in [6.07, 6.45) is 3.98. The van der Waals surface area contributed by atoms with Gasteiger partial charge in [-0.1, -0.05) is 12.2 Å². The van der Waals surface area contributed by atoms with Crippen LogP contribution in [0.5, 0.6) is 11.5 Å². The number of primary amides is 3. The summed E-state index contributed by atoms with van der Waals surface area (Å²) in [6, 6.07) is 9.31. The second-order valence-corrected chi connectivity index (χ2v) is 13.5. The van der Waals surface area contributed by atoms with Crippen LogP contribution in [0.4, 0.5) is 11.9 Å². The summed E-state index contributed by atoms with van der Waals surface area (Å²) in [6.45, 7) is 8.54. The van der Waals surface area contributed by atoms with Crippen LogP contribution in [0.1, 0.15) is 79.8 Å². The topological polar surface area (TPSA) is 277 Å². The van der Waals surface area contributed by atoms with Gasteiger partial charge in [-0.15, -0.1) is 0 Å². The maximum Gasteiger partial charge on any atom is 0.276 e. The normalized spacial score (nSPS) is 11.4. The highest BCUT2D eigenvalue weighted by Crippen LogP contribution is 2.33. The average Bonchev–Trinajstić information content (AvgIpc) is 3.96. The third-order valence-electron chi connectivity index (χ3n) is 9.29. The number of fused-ring (bicyclic) bond motifs is 2. The average molecular weight is 808 g/mol. The van der Waals surface area contributed by atoms with Gasteiger partial charge in [-0.25, -0.2) is 9.97 Å². The van der Waals surface area contributed by atoms with Crippen molar-refractivity contribution in [2.75, 3.05) is 24.4 Å². The van der Waals surface area contributed by atoms with Gasteiger partial charge in [-0.05, 0) is 70.5 Å². The first-order valence-corrected chi connectivity index (χ1v) is 18.7. The van der Waals surface area contributed by atoms with Crippen LogP contribution >= 0.6 is 0 Å². The highest BCUT2D eigenvalue weighted by atomic mass is 16.5. The molecule has 0 aliphatic heterocycles. The van der Waals surface area contributed by atoms with Gasteiger partial charge < -0.3 is 35.8 Å². The lowest BCUT2D eigenvalue weighted by atomic mass is 10.1. The number of nitrogens with two attached hydrogens (primary N) is 3. The third kappa shape index (κ3) is 8.75. The Labute approximate surface area is 337 Å². The number of anilines is 2. The monoisotopic (exact) mass is 807 g/mol. The highest BCUT2D eigenvalue weighted by molar-refractivity contribution is 6.05. The molecule has 0 aliphatic carbocycles. The molecular formula is C39H45N13O7. The Morgan fingerprint density at radius 2 is 1.15 bits per heavy atom. The molecule has 2 aromatic carbocycles. The Morgan fingerprint density at radius 3 is 1.58 bits per heavy atom. The number of hydrogen-bond acceptors (Lipinski definition) is 11. The summed E-state index contributed by atoms with van der Waals surface area (Å²) in [5, 5.41) is 14.5. The molecule has 6 rings (SSSR count). The van der Waals surface area contributed by atoms with E-state index in [4.69, 9.17) is 26.7 Å². The highest BCUT2D eigenvalue weighted by Gasteiger charge is 2.23. The van der Waals surface area contributed by atoms with Crippen LogP contribution in [0.25, 0.3) is 22.1 Å². The number of rotatable bonds is 18. The molecule has 20 nitrogen and oxygen atoms in total. The number of aromatic nitrogens is 8. The van der Waals surface area contributed by atoms with Crippen molar-refractivity contribution in [1.82, 2.24) is 38.7 Å². The molecule has 0 saturated heterocycles. The minimum absolute atomic E-state index is 0.0777. The molecule has 5 amide bonds. The summed E-state index contributed by atoms with van der Waals surface area (Å²) in [4.78, 5) is 72.6. The predicted molar refractivity (Wildman–Crippen MR) is 217 cm³/mol. The van der Waals surface area contributed by atoms with Crippen LogP contribution < -0.4 is 37.3 Å². The van der Waals surface area contributed by atoms with Crippen LogP contribution in [-0.4, -0.2) is 81.9 Å². The maximum atomic E-state index is 13.7. The number of carbonyl (C=O) groups excluding carboxylic acids is 5. The number of nitrogens with one attached hydrogen (secondary N) is 2. The standard InChI is InChI=1S/C39H45N13O7/c1-6-51-27(15-21(3)47-51)36(56)45-38-43-25-17-23(34(41)54)19-29(58-5)32(25)49(38)12-8-9-13-50-33-26(18-24(35(42)55)20-30(33)59-14-10-11-31(40)53)44-39(50)46-37(57)28-16-22(4)48-52(28)7-2/h8-9,15-20H,6-7,10-14H2,1-5H3,(H2,40,53)(H2,41,54)(H2,42,55)(H,43,45,56)(H,44,46,57)/b9-8+. The maximum absolute atomic E-state index is 13.7. The van der Waals surface area contributed by atoms with E-state index in [9.17, 15) is 24.0 Å². The minimum atomic E-state index is -0.723. The number of allylic oxidation sites excluding steroid dienone is 2. The third-order valence-corrected chi connectivity index (χ3v) is 9.29. The first-order valence-electron chi connectivity index (χ1n) is 18.7. The second-order valence-electron chi connectivity index (χ2n) is 13.5.